The first-order valence-electron chi connectivity index (χ1n) is 14.6. The minimum Gasteiger partial charge on any atom is -0.494 e. The first-order valence-corrected chi connectivity index (χ1v) is 14.6. The van der Waals surface area contributed by atoms with Gasteiger partial charge >= 0.3 is 0 Å². The van der Waals surface area contributed by atoms with Crippen LogP contribution in [0, 0.1) is 23.6 Å². The van der Waals surface area contributed by atoms with Gasteiger partial charge in [0.15, 0.2) is 5.78 Å². The minimum absolute atomic E-state index is 0.000242. The number of carbonyl (C=O) groups is 2. The highest BCUT2D eigenvalue weighted by atomic mass is 19.1. The fourth-order valence-corrected chi connectivity index (χ4v) is 5.54. The van der Waals surface area contributed by atoms with E-state index in [-0.39, 0.29) is 41.6 Å². The number of rotatable bonds is 14. The summed E-state index contributed by atoms with van der Waals surface area (Å²) in [4.78, 5) is 32.0. The number of nitrogens with zero attached hydrogens (tertiary/aromatic N) is 1. The van der Waals surface area contributed by atoms with Gasteiger partial charge in [-0.25, -0.2) is 4.39 Å². The van der Waals surface area contributed by atoms with Crippen molar-refractivity contribution in [3.63, 3.8) is 0 Å². The van der Waals surface area contributed by atoms with Crippen molar-refractivity contribution in [3.8, 4) is 5.75 Å². The Morgan fingerprint density at radius 3 is 2.39 bits per heavy atom. The van der Waals surface area contributed by atoms with Gasteiger partial charge in [0.2, 0.25) is 0 Å². The normalized spacial score (nSPS) is 16.3. The molecule has 0 saturated heterocycles. The van der Waals surface area contributed by atoms with Crippen molar-refractivity contribution >= 4 is 23.0 Å². The zero-order valence-corrected chi connectivity index (χ0v) is 24.3. The molecular weight excluding hydrogens is 517 g/mol. The molecule has 0 bridgehead atoms. The number of carbonyl (C=O) groups excluding carboxylic acids is 2. The van der Waals surface area contributed by atoms with Gasteiger partial charge in [0.1, 0.15) is 17.3 Å². The summed E-state index contributed by atoms with van der Waals surface area (Å²) in [5, 5.41) is 0. The van der Waals surface area contributed by atoms with Crippen molar-refractivity contribution in [1.29, 1.82) is 0 Å². The molecular formula is C35H40FNO4. The zero-order valence-electron chi connectivity index (χ0n) is 24.3. The van der Waals surface area contributed by atoms with E-state index in [9.17, 15) is 14.0 Å². The molecule has 1 heterocycles. The fourth-order valence-electron chi connectivity index (χ4n) is 5.54. The summed E-state index contributed by atoms with van der Waals surface area (Å²) < 4.78 is 24.6. The van der Waals surface area contributed by atoms with E-state index in [4.69, 9.17) is 14.5 Å². The summed E-state index contributed by atoms with van der Waals surface area (Å²) in [6.07, 6.45) is 2.45. The molecule has 0 aromatic heterocycles. The predicted octanol–water partition coefficient (Wildman–Crippen LogP) is 7.62. The Hall–Kier alpha value is -3.64. The summed E-state index contributed by atoms with van der Waals surface area (Å²) in [6.45, 7) is 7.79. The van der Waals surface area contributed by atoms with Gasteiger partial charge in [-0.2, -0.15) is 0 Å². The lowest BCUT2D eigenvalue weighted by Crippen LogP contribution is -2.28. The number of Topliss-reactive ketones (excluding diaryl/α,β-unsaturated/α-hetero) is 2. The van der Waals surface area contributed by atoms with E-state index in [1.807, 2.05) is 62.4 Å². The number of benzene rings is 3. The summed E-state index contributed by atoms with van der Waals surface area (Å²) in [5.74, 6) is 0.396. The van der Waals surface area contributed by atoms with Crippen LogP contribution in [-0.4, -0.2) is 37.1 Å². The van der Waals surface area contributed by atoms with E-state index >= 15 is 0 Å². The average Bonchev–Trinajstić information content (AvgIpc) is 3.11. The van der Waals surface area contributed by atoms with Crippen molar-refractivity contribution in [2.24, 2.45) is 22.7 Å². The molecule has 3 aromatic carbocycles. The van der Waals surface area contributed by atoms with Crippen LogP contribution in [0.15, 0.2) is 77.8 Å². The topological polar surface area (TPSA) is 65.0 Å². The standard InChI is InChI=1S/C35H40FNO4/c1-4-40-19-18-27(22-30(38)21-26-10-14-29(36)15-11-26)24(3)34-23-28(20-25-12-16-31(17-13-25)41-5-2)35(39)32-8-6-7-9-33(32)37-34/h6-17,24,27-28H,4-5,18-23H2,1-3H3/t24-,27?,28?/m0/s1. The molecule has 1 aliphatic heterocycles. The van der Waals surface area contributed by atoms with Crippen LogP contribution in [0.25, 0.3) is 0 Å². The quantitative estimate of drug-likeness (QED) is 0.191. The number of para-hydroxylation sites is 1. The van der Waals surface area contributed by atoms with Crippen LogP contribution in [0.5, 0.6) is 5.75 Å². The van der Waals surface area contributed by atoms with Crippen LogP contribution in [-0.2, 0) is 22.4 Å². The van der Waals surface area contributed by atoms with Crippen LogP contribution in [0.1, 0.15) is 61.5 Å². The van der Waals surface area contributed by atoms with E-state index in [2.05, 4.69) is 6.92 Å². The second-order valence-electron chi connectivity index (χ2n) is 10.7. The molecule has 0 saturated carbocycles. The second kappa shape index (κ2) is 14.8. The maximum absolute atomic E-state index is 13.8. The Kier molecular flexibility index (Phi) is 11.0. The molecule has 3 aromatic rings. The van der Waals surface area contributed by atoms with Gasteiger partial charge in [0.25, 0.3) is 0 Å². The molecule has 5 nitrogen and oxygen atoms in total. The van der Waals surface area contributed by atoms with Gasteiger partial charge < -0.3 is 9.47 Å². The number of ketones is 2. The zero-order chi connectivity index (χ0) is 29.2. The first kappa shape index (κ1) is 30.3. The van der Waals surface area contributed by atoms with Crippen molar-refractivity contribution < 1.29 is 23.5 Å². The molecule has 0 fully saturated rings. The average molecular weight is 558 g/mol. The lowest BCUT2D eigenvalue weighted by atomic mass is 9.78. The van der Waals surface area contributed by atoms with Gasteiger partial charge in [-0.3, -0.25) is 14.6 Å². The van der Waals surface area contributed by atoms with E-state index < -0.39 is 0 Å². The Morgan fingerprint density at radius 2 is 1.68 bits per heavy atom. The SMILES string of the molecule is CCOCCC(CC(=O)Cc1ccc(F)cc1)[C@H](C)C1=Nc2ccccc2C(=O)C(Cc2ccc(OCC)cc2)C1. The molecule has 2 unspecified atom stereocenters. The Balaban J connectivity index is 1.57. The lowest BCUT2D eigenvalue weighted by Gasteiger charge is -2.26. The lowest BCUT2D eigenvalue weighted by molar-refractivity contribution is -0.119. The molecule has 4 rings (SSSR count). The maximum Gasteiger partial charge on any atom is 0.168 e. The number of hydrogen-bond donors (Lipinski definition) is 0. The van der Waals surface area contributed by atoms with Gasteiger partial charge in [0, 0.05) is 43.2 Å². The fraction of sp³-hybridized carbons (Fsp3) is 0.400. The van der Waals surface area contributed by atoms with Crippen LogP contribution in [0.2, 0.25) is 0 Å². The molecule has 1 aliphatic rings. The third-order valence-electron chi connectivity index (χ3n) is 7.85. The highest BCUT2D eigenvalue weighted by Gasteiger charge is 2.32. The third-order valence-corrected chi connectivity index (χ3v) is 7.85. The van der Waals surface area contributed by atoms with Crippen molar-refractivity contribution in [2.75, 3.05) is 19.8 Å². The van der Waals surface area contributed by atoms with Crippen LogP contribution >= 0.6 is 0 Å². The predicted molar refractivity (Wildman–Crippen MR) is 161 cm³/mol. The van der Waals surface area contributed by atoms with Gasteiger partial charge in [-0.1, -0.05) is 43.3 Å². The Morgan fingerprint density at radius 1 is 0.976 bits per heavy atom. The third kappa shape index (κ3) is 8.43. The summed E-state index contributed by atoms with van der Waals surface area (Å²) in [5.41, 5.74) is 4.14. The number of fused-ring (bicyclic) bond motifs is 1. The Labute approximate surface area is 242 Å². The molecule has 41 heavy (non-hydrogen) atoms. The molecule has 0 amide bonds. The highest BCUT2D eigenvalue weighted by Crippen LogP contribution is 2.34. The van der Waals surface area contributed by atoms with Gasteiger partial charge in [-0.05, 0) is 92.5 Å². The largest absolute Gasteiger partial charge is 0.494 e. The molecule has 6 heteroatoms. The van der Waals surface area contributed by atoms with Crippen LogP contribution < -0.4 is 4.74 Å². The van der Waals surface area contributed by atoms with Crippen LogP contribution in [0.4, 0.5) is 10.1 Å². The molecule has 0 aliphatic carbocycles. The van der Waals surface area contributed by atoms with E-state index in [0.29, 0.717) is 56.8 Å². The van der Waals surface area contributed by atoms with Gasteiger partial charge in [0.05, 0.1) is 12.3 Å². The molecule has 0 N–H and O–H groups in total. The number of hydrogen-bond acceptors (Lipinski definition) is 5. The highest BCUT2D eigenvalue weighted by molar-refractivity contribution is 6.07. The van der Waals surface area contributed by atoms with E-state index in [1.54, 1.807) is 12.1 Å². The number of ether oxygens (including phenoxy) is 2. The molecule has 216 valence electrons. The monoisotopic (exact) mass is 557 g/mol. The summed E-state index contributed by atoms with van der Waals surface area (Å²) in [6, 6.07) is 21.6. The van der Waals surface area contributed by atoms with Crippen molar-refractivity contribution in [3.05, 3.63) is 95.3 Å². The Bertz CT molecular complexity index is 1330. The van der Waals surface area contributed by atoms with E-state index in [0.717, 1.165) is 22.6 Å². The summed E-state index contributed by atoms with van der Waals surface area (Å²) in [7, 11) is 0. The number of aliphatic imine (C=N–C) groups is 1. The molecule has 0 radical (unpaired) electrons. The van der Waals surface area contributed by atoms with Crippen LogP contribution in [0.3, 0.4) is 0 Å². The van der Waals surface area contributed by atoms with Gasteiger partial charge in [-0.15, -0.1) is 0 Å². The second-order valence-corrected chi connectivity index (χ2v) is 10.7. The number of halogens is 1. The molecule has 3 atom stereocenters. The minimum atomic E-state index is -0.314. The summed E-state index contributed by atoms with van der Waals surface area (Å²) >= 11 is 0. The maximum atomic E-state index is 13.8. The first-order chi connectivity index (χ1) is 19.9. The molecule has 0 spiro atoms. The van der Waals surface area contributed by atoms with Crippen molar-refractivity contribution in [2.45, 2.75) is 52.9 Å². The van der Waals surface area contributed by atoms with Crippen molar-refractivity contribution in [1.82, 2.24) is 0 Å². The smallest absolute Gasteiger partial charge is 0.168 e. The van der Waals surface area contributed by atoms with E-state index in [1.165, 1.54) is 12.1 Å².